The fraction of sp³-hybridized carbons (Fsp3) is 0.684. The van der Waals surface area contributed by atoms with Crippen LogP contribution < -0.4 is 15.4 Å². The summed E-state index contributed by atoms with van der Waals surface area (Å²) in [5, 5.41) is 0. The van der Waals surface area contributed by atoms with Crippen LogP contribution in [0.3, 0.4) is 0 Å². The molecule has 0 spiro atoms. The Morgan fingerprint density at radius 2 is 1.52 bits per heavy atom. The van der Waals surface area contributed by atoms with Crippen LogP contribution in [0.2, 0.25) is 0 Å². The lowest BCUT2D eigenvalue weighted by Crippen LogP contribution is -2.49. The summed E-state index contributed by atoms with van der Waals surface area (Å²) in [6.07, 6.45) is 9.12. The topological polar surface area (TPSA) is 75.4 Å². The Morgan fingerprint density at radius 1 is 0.960 bits per heavy atom. The molecule has 0 bridgehead atoms. The molecular weight excluding hydrogens is 334 g/mol. The summed E-state index contributed by atoms with van der Waals surface area (Å²) in [6.45, 7) is 2.64. The van der Waals surface area contributed by atoms with Crippen molar-refractivity contribution in [3.05, 3.63) is 24.3 Å². The quantitative estimate of drug-likeness (QED) is 0.841. The van der Waals surface area contributed by atoms with Gasteiger partial charge in [-0.1, -0.05) is 38.5 Å². The van der Waals surface area contributed by atoms with Gasteiger partial charge in [0.1, 0.15) is 0 Å². The first-order valence-corrected chi connectivity index (χ1v) is 11.1. The summed E-state index contributed by atoms with van der Waals surface area (Å²) in [4.78, 5) is 2.60. The normalized spacial score (nSPS) is 21.2. The molecule has 1 aliphatic heterocycles. The molecule has 3 rings (SSSR count). The van der Waals surface area contributed by atoms with Crippen molar-refractivity contribution in [2.24, 2.45) is 11.7 Å². The standard InChI is InChI=1S/C19H31N3O2S/c20-13-16-14-22(15-16)18-9-11-19(12-10-18)25(23,24)21-17-7-5-3-1-2-4-6-8-17/h9-12,16-17,21H,1-8,13-15,20H2. The van der Waals surface area contributed by atoms with E-state index in [0.717, 1.165) is 44.5 Å². The molecule has 0 aromatic heterocycles. The lowest BCUT2D eigenvalue weighted by molar-refractivity contribution is 0.420. The maximum Gasteiger partial charge on any atom is 0.240 e. The van der Waals surface area contributed by atoms with Crippen molar-refractivity contribution in [3.8, 4) is 0 Å². The lowest BCUT2D eigenvalue weighted by atomic mass is 10.00. The highest BCUT2D eigenvalue weighted by molar-refractivity contribution is 7.89. The van der Waals surface area contributed by atoms with Gasteiger partial charge in [-0.15, -0.1) is 0 Å². The maximum absolute atomic E-state index is 12.7. The SMILES string of the molecule is NCC1CN(c2ccc(S(=O)(=O)NC3CCCCCCCC3)cc2)C1. The Bertz CT molecular complexity index is 629. The maximum atomic E-state index is 12.7. The average Bonchev–Trinajstić information content (AvgIpc) is 2.68. The predicted molar refractivity (Wildman–Crippen MR) is 102 cm³/mol. The number of nitrogens with one attached hydrogen (secondary N) is 1. The van der Waals surface area contributed by atoms with Crippen molar-refractivity contribution in [2.45, 2.75) is 62.3 Å². The Hall–Kier alpha value is -1.11. The number of benzene rings is 1. The highest BCUT2D eigenvalue weighted by Gasteiger charge is 2.26. The van der Waals surface area contributed by atoms with E-state index in [4.69, 9.17) is 5.73 Å². The van der Waals surface area contributed by atoms with E-state index in [1.165, 1.54) is 25.7 Å². The first kappa shape index (κ1) is 18.7. The molecule has 1 saturated heterocycles. The molecule has 2 aliphatic rings. The van der Waals surface area contributed by atoms with E-state index >= 15 is 0 Å². The van der Waals surface area contributed by atoms with Gasteiger partial charge in [-0.25, -0.2) is 13.1 Å². The first-order valence-electron chi connectivity index (χ1n) is 9.66. The number of nitrogens with two attached hydrogens (primary N) is 1. The van der Waals surface area contributed by atoms with Crippen LogP contribution in [0.4, 0.5) is 5.69 Å². The van der Waals surface area contributed by atoms with Crippen LogP contribution >= 0.6 is 0 Å². The van der Waals surface area contributed by atoms with Crippen molar-refractivity contribution >= 4 is 15.7 Å². The molecule has 1 heterocycles. The van der Waals surface area contributed by atoms with Gasteiger partial charge >= 0.3 is 0 Å². The molecule has 1 saturated carbocycles. The zero-order valence-corrected chi connectivity index (χ0v) is 15.8. The van der Waals surface area contributed by atoms with Crippen molar-refractivity contribution < 1.29 is 8.42 Å². The van der Waals surface area contributed by atoms with Crippen molar-refractivity contribution in [2.75, 3.05) is 24.5 Å². The van der Waals surface area contributed by atoms with Crippen LogP contribution in [-0.2, 0) is 10.0 Å². The molecule has 25 heavy (non-hydrogen) atoms. The van der Waals surface area contributed by atoms with Crippen LogP contribution in [-0.4, -0.2) is 34.1 Å². The second-order valence-electron chi connectivity index (χ2n) is 7.52. The van der Waals surface area contributed by atoms with E-state index in [1.54, 1.807) is 12.1 Å². The van der Waals surface area contributed by atoms with Gasteiger partial charge in [-0.2, -0.15) is 0 Å². The summed E-state index contributed by atoms with van der Waals surface area (Å²) in [5.74, 6) is 0.563. The van der Waals surface area contributed by atoms with Gasteiger partial charge in [-0.05, 0) is 43.7 Å². The van der Waals surface area contributed by atoms with Gasteiger partial charge in [0.15, 0.2) is 0 Å². The molecule has 0 amide bonds. The van der Waals surface area contributed by atoms with E-state index in [-0.39, 0.29) is 6.04 Å². The van der Waals surface area contributed by atoms with Crippen LogP contribution in [0.1, 0.15) is 51.4 Å². The van der Waals surface area contributed by atoms with E-state index in [9.17, 15) is 8.42 Å². The lowest BCUT2D eigenvalue weighted by Gasteiger charge is -2.40. The Kier molecular flexibility index (Phi) is 6.36. The average molecular weight is 366 g/mol. The molecule has 1 aromatic carbocycles. The van der Waals surface area contributed by atoms with Crippen molar-refractivity contribution in [1.82, 2.24) is 4.72 Å². The van der Waals surface area contributed by atoms with Crippen LogP contribution in [0.15, 0.2) is 29.2 Å². The molecule has 2 fully saturated rings. The second kappa shape index (κ2) is 8.52. The first-order chi connectivity index (χ1) is 12.1. The molecule has 5 nitrogen and oxygen atoms in total. The molecule has 3 N–H and O–H groups in total. The zero-order valence-electron chi connectivity index (χ0n) is 15.0. The Labute approximate surface area is 152 Å². The van der Waals surface area contributed by atoms with Gasteiger partial charge in [0.2, 0.25) is 10.0 Å². The summed E-state index contributed by atoms with van der Waals surface area (Å²) in [7, 11) is -3.44. The molecule has 6 heteroatoms. The van der Waals surface area contributed by atoms with Gasteiger partial charge in [0, 0.05) is 30.7 Å². The zero-order chi connectivity index (χ0) is 17.7. The number of rotatable bonds is 5. The summed E-state index contributed by atoms with van der Waals surface area (Å²) >= 11 is 0. The monoisotopic (exact) mass is 365 g/mol. The largest absolute Gasteiger partial charge is 0.371 e. The number of hydrogen-bond donors (Lipinski definition) is 2. The van der Waals surface area contributed by atoms with Gasteiger partial charge in [0.05, 0.1) is 4.90 Å². The number of nitrogens with zero attached hydrogens (tertiary/aromatic N) is 1. The van der Waals surface area contributed by atoms with Crippen molar-refractivity contribution in [1.29, 1.82) is 0 Å². The fourth-order valence-corrected chi connectivity index (χ4v) is 5.11. The minimum absolute atomic E-state index is 0.0727. The highest BCUT2D eigenvalue weighted by atomic mass is 32.2. The molecule has 0 radical (unpaired) electrons. The minimum Gasteiger partial charge on any atom is -0.371 e. The fourth-order valence-electron chi connectivity index (χ4n) is 3.80. The van der Waals surface area contributed by atoms with Gasteiger partial charge in [0.25, 0.3) is 0 Å². The van der Waals surface area contributed by atoms with E-state index < -0.39 is 10.0 Å². The number of anilines is 1. The summed E-state index contributed by atoms with van der Waals surface area (Å²) in [5.41, 5.74) is 6.74. The number of hydrogen-bond acceptors (Lipinski definition) is 4. The third-order valence-electron chi connectivity index (χ3n) is 5.48. The van der Waals surface area contributed by atoms with E-state index in [1.807, 2.05) is 12.1 Å². The minimum atomic E-state index is -3.44. The summed E-state index contributed by atoms with van der Waals surface area (Å²) in [6, 6.07) is 7.34. The molecule has 140 valence electrons. The van der Waals surface area contributed by atoms with Crippen LogP contribution in [0, 0.1) is 5.92 Å². The van der Waals surface area contributed by atoms with E-state index in [0.29, 0.717) is 17.4 Å². The molecular formula is C19H31N3O2S. The van der Waals surface area contributed by atoms with Gasteiger partial charge in [-0.3, -0.25) is 0 Å². The molecule has 1 aliphatic carbocycles. The highest BCUT2D eigenvalue weighted by Crippen LogP contribution is 2.26. The van der Waals surface area contributed by atoms with Crippen LogP contribution in [0.5, 0.6) is 0 Å². The van der Waals surface area contributed by atoms with Crippen molar-refractivity contribution in [3.63, 3.8) is 0 Å². The Balaban J connectivity index is 1.61. The predicted octanol–water partition coefficient (Wildman–Crippen LogP) is 2.86. The smallest absolute Gasteiger partial charge is 0.240 e. The molecule has 0 unspecified atom stereocenters. The summed E-state index contributed by atoms with van der Waals surface area (Å²) < 4.78 is 28.4. The Morgan fingerprint density at radius 3 is 2.08 bits per heavy atom. The van der Waals surface area contributed by atoms with E-state index in [2.05, 4.69) is 9.62 Å². The number of sulfonamides is 1. The van der Waals surface area contributed by atoms with Gasteiger partial charge < -0.3 is 10.6 Å². The molecule has 1 aromatic rings. The third kappa shape index (κ3) is 4.96. The van der Waals surface area contributed by atoms with Crippen LogP contribution in [0.25, 0.3) is 0 Å². The second-order valence-corrected chi connectivity index (χ2v) is 9.23. The molecule has 0 atom stereocenters. The third-order valence-corrected chi connectivity index (χ3v) is 7.02.